The van der Waals surface area contributed by atoms with Crippen molar-refractivity contribution in [3.05, 3.63) is 64.4 Å². The molecule has 0 spiro atoms. The van der Waals surface area contributed by atoms with Gasteiger partial charge in [0.15, 0.2) is 5.78 Å². The number of hydrogen-bond donors (Lipinski definition) is 0. The molecule has 2 aromatic carbocycles. The average molecular weight is 293 g/mol. The lowest BCUT2D eigenvalue weighted by atomic mass is 10.0. The molecule has 0 aromatic heterocycles. The van der Waals surface area contributed by atoms with Crippen LogP contribution in [0.5, 0.6) is 5.75 Å². The number of ketones is 1. The van der Waals surface area contributed by atoms with E-state index in [-0.39, 0.29) is 11.1 Å². The van der Waals surface area contributed by atoms with E-state index in [1.165, 1.54) is 18.2 Å². The Morgan fingerprint density at radius 2 is 1.95 bits per heavy atom. The molecular weight excluding hydrogens is 279 g/mol. The molecule has 0 heterocycles. The van der Waals surface area contributed by atoms with E-state index in [4.69, 9.17) is 16.3 Å². The van der Waals surface area contributed by atoms with E-state index in [9.17, 15) is 9.18 Å². The molecule has 0 saturated carbocycles. The number of carbonyl (C=O) groups excluding carboxylic acids is 1. The highest BCUT2D eigenvalue weighted by molar-refractivity contribution is 6.31. The van der Waals surface area contributed by atoms with E-state index in [0.717, 1.165) is 6.42 Å². The van der Waals surface area contributed by atoms with Gasteiger partial charge in [0.25, 0.3) is 0 Å². The Morgan fingerprint density at radius 3 is 2.65 bits per heavy atom. The lowest BCUT2D eigenvalue weighted by molar-refractivity contribution is 0.103. The van der Waals surface area contributed by atoms with Crippen molar-refractivity contribution in [3.8, 4) is 5.75 Å². The van der Waals surface area contributed by atoms with Crippen molar-refractivity contribution < 1.29 is 13.9 Å². The Labute approximate surface area is 122 Å². The molecule has 20 heavy (non-hydrogen) atoms. The quantitative estimate of drug-likeness (QED) is 0.759. The Balaban J connectivity index is 2.43. The molecular formula is C16H14ClFO2. The highest BCUT2D eigenvalue weighted by Gasteiger charge is 2.18. The smallest absolute Gasteiger partial charge is 0.199 e. The van der Waals surface area contributed by atoms with E-state index in [2.05, 4.69) is 0 Å². The van der Waals surface area contributed by atoms with Crippen molar-refractivity contribution in [3.63, 3.8) is 0 Å². The lowest BCUT2D eigenvalue weighted by Gasteiger charge is -2.11. The number of rotatable bonds is 5. The van der Waals surface area contributed by atoms with Gasteiger partial charge in [-0.25, -0.2) is 4.39 Å². The molecule has 0 aliphatic heterocycles. The van der Waals surface area contributed by atoms with Crippen molar-refractivity contribution in [2.75, 3.05) is 6.61 Å². The second-order valence-electron chi connectivity index (χ2n) is 4.30. The number of hydrogen-bond acceptors (Lipinski definition) is 2. The van der Waals surface area contributed by atoms with Gasteiger partial charge in [-0.15, -0.1) is 0 Å². The number of halogens is 2. The van der Waals surface area contributed by atoms with Crippen LogP contribution < -0.4 is 4.74 Å². The lowest BCUT2D eigenvalue weighted by Crippen LogP contribution is -2.08. The van der Waals surface area contributed by atoms with Crippen molar-refractivity contribution in [1.82, 2.24) is 0 Å². The fourth-order valence-electron chi connectivity index (χ4n) is 1.81. The zero-order valence-corrected chi connectivity index (χ0v) is 11.8. The zero-order valence-electron chi connectivity index (χ0n) is 11.0. The second-order valence-corrected chi connectivity index (χ2v) is 4.73. The summed E-state index contributed by atoms with van der Waals surface area (Å²) >= 11 is 5.92. The molecule has 0 fully saturated rings. The van der Waals surface area contributed by atoms with Gasteiger partial charge < -0.3 is 4.74 Å². The Kier molecular flexibility index (Phi) is 4.74. The van der Waals surface area contributed by atoms with Crippen LogP contribution in [-0.4, -0.2) is 12.4 Å². The third-order valence-electron chi connectivity index (χ3n) is 2.77. The third-order valence-corrected chi connectivity index (χ3v) is 3.00. The highest BCUT2D eigenvalue weighted by Crippen LogP contribution is 2.26. The molecule has 0 unspecified atom stereocenters. The third kappa shape index (κ3) is 3.17. The maximum absolute atomic E-state index is 13.7. The summed E-state index contributed by atoms with van der Waals surface area (Å²) in [5.41, 5.74) is 0.284. The molecule has 0 radical (unpaired) electrons. The Morgan fingerprint density at radius 1 is 1.20 bits per heavy atom. The summed E-state index contributed by atoms with van der Waals surface area (Å²) in [6.07, 6.45) is 0.815. The first-order valence-electron chi connectivity index (χ1n) is 6.35. The van der Waals surface area contributed by atoms with Crippen LogP contribution in [0, 0.1) is 5.82 Å². The van der Waals surface area contributed by atoms with Crippen LogP contribution in [0.25, 0.3) is 0 Å². The van der Waals surface area contributed by atoms with Gasteiger partial charge in [-0.1, -0.05) is 30.7 Å². The predicted octanol–water partition coefficient (Wildman–Crippen LogP) is 4.50. The van der Waals surface area contributed by atoms with Crippen LogP contribution in [0.4, 0.5) is 4.39 Å². The second kappa shape index (κ2) is 6.53. The van der Waals surface area contributed by atoms with Crippen molar-refractivity contribution in [2.24, 2.45) is 0 Å². The molecule has 0 aliphatic rings. The van der Waals surface area contributed by atoms with Crippen molar-refractivity contribution in [2.45, 2.75) is 13.3 Å². The molecule has 104 valence electrons. The fraction of sp³-hybridized carbons (Fsp3) is 0.188. The minimum absolute atomic E-state index is 0.0103. The van der Waals surface area contributed by atoms with Gasteiger partial charge in [-0.3, -0.25) is 4.79 Å². The molecule has 2 aromatic rings. The summed E-state index contributed by atoms with van der Waals surface area (Å²) in [7, 11) is 0. The zero-order chi connectivity index (χ0) is 14.5. The van der Waals surface area contributed by atoms with Crippen LogP contribution in [0.1, 0.15) is 29.3 Å². The first kappa shape index (κ1) is 14.5. The van der Waals surface area contributed by atoms with Gasteiger partial charge in [0.2, 0.25) is 0 Å². The maximum atomic E-state index is 13.7. The SMILES string of the molecule is CCCOc1ccc(Cl)cc1C(=O)c1ccccc1F. The van der Waals surface area contributed by atoms with Gasteiger partial charge in [0.1, 0.15) is 11.6 Å². The van der Waals surface area contributed by atoms with Crippen LogP contribution >= 0.6 is 11.6 Å². The summed E-state index contributed by atoms with van der Waals surface area (Å²) in [6.45, 7) is 2.45. The minimum atomic E-state index is -0.557. The van der Waals surface area contributed by atoms with Gasteiger partial charge >= 0.3 is 0 Å². The van der Waals surface area contributed by atoms with Crippen LogP contribution in [0.15, 0.2) is 42.5 Å². The largest absolute Gasteiger partial charge is 0.493 e. The summed E-state index contributed by atoms with van der Waals surface area (Å²) in [4.78, 5) is 12.4. The van der Waals surface area contributed by atoms with E-state index in [0.29, 0.717) is 17.4 Å². The fourth-order valence-corrected chi connectivity index (χ4v) is 1.98. The van der Waals surface area contributed by atoms with Gasteiger partial charge in [-0.2, -0.15) is 0 Å². The maximum Gasteiger partial charge on any atom is 0.199 e. The summed E-state index contributed by atoms with van der Waals surface area (Å²) in [5.74, 6) is -0.569. The summed E-state index contributed by atoms with van der Waals surface area (Å²) < 4.78 is 19.2. The van der Waals surface area contributed by atoms with E-state index in [1.54, 1.807) is 24.3 Å². The highest BCUT2D eigenvalue weighted by atomic mass is 35.5. The molecule has 0 amide bonds. The molecule has 4 heteroatoms. The Hall–Kier alpha value is -1.87. The average Bonchev–Trinajstić information content (AvgIpc) is 2.46. The van der Waals surface area contributed by atoms with Gasteiger partial charge in [-0.05, 0) is 36.8 Å². The molecule has 0 atom stereocenters. The first-order valence-corrected chi connectivity index (χ1v) is 6.73. The molecule has 0 N–H and O–H groups in total. The van der Waals surface area contributed by atoms with Crippen molar-refractivity contribution >= 4 is 17.4 Å². The minimum Gasteiger partial charge on any atom is -0.493 e. The number of carbonyl (C=O) groups is 1. The Bertz CT molecular complexity index is 626. The number of benzene rings is 2. The van der Waals surface area contributed by atoms with Crippen LogP contribution in [-0.2, 0) is 0 Å². The molecule has 0 bridgehead atoms. The molecule has 0 saturated heterocycles. The van der Waals surface area contributed by atoms with Gasteiger partial charge in [0, 0.05) is 5.02 Å². The van der Waals surface area contributed by atoms with Gasteiger partial charge in [0.05, 0.1) is 17.7 Å². The first-order chi connectivity index (χ1) is 9.63. The molecule has 2 rings (SSSR count). The van der Waals surface area contributed by atoms with E-state index < -0.39 is 11.6 Å². The predicted molar refractivity (Wildman–Crippen MR) is 77.1 cm³/mol. The normalized spacial score (nSPS) is 10.3. The summed E-state index contributed by atoms with van der Waals surface area (Å²) in [5, 5.41) is 0.411. The topological polar surface area (TPSA) is 26.3 Å². The summed E-state index contributed by atoms with van der Waals surface area (Å²) in [6, 6.07) is 10.6. The van der Waals surface area contributed by atoms with E-state index in [1.807, 2.05) is 6.92 Å². The monoisotopic (exact) mass is 292 g/mol. The molecule has 2 nitrogen and oxygen atoms in total. The van der Waals surface area contributed by atoms with Crippen LogP contribution in [0.2, 0.25) is 5.02 Å². The number of ether oxygens (including phenoxy) is 1. The van der Waals surface area contributed by atoms with Crippen LogP contribution in [0.3, 0.4) is 0 Å². The van der Waals surface area contributed by atoms with E-state index >= 15 is 0 Å². The molecule has 0 aliphatic carbocycles. The standard InChI is InChI=1S/C16H14ClFO2/c1-2-9-20-15-8-7-11(17)10-13(15)16(19)12-5-3-4-6-14(12)18/h3-8,10H,2,9H2,1H3. The van der Waals surface area contributed by atoms with Crippen molar-refractivity contribution in [1.29, 1.82) is 0 Å².